The molecular formula is C17H22N4O2. The fourth-order valence-electron chi connectivity index (χ4n) is 2.76. The van der Waals surface area contributed by atoms with Crippen LogP contribution in [0.3, 0.4) is 0 Å². The molecule has 0 bridgehead atoms. The number of hydrogen-bond acceptors (Lipinski definition) is 6. The number of hydrogen-bond donors (Lipinski definition) is 3. The summed E-state index contributed by atoms with van der Waals surface area (Å²) in [5, 5.41) is 13.8. The van der Waals surface area contributed by atoms with Gasteiger partial charge in [-0.1, -0.05) is 24.1 Å². The molecule has 1 heterocycles. The van der Waals surface area contributed by atoms with Gasteiger partial charge >= 0.3 is 0 Å². The van der Waals surface area contributed by atoms with E-state index < -0.39 is 5.72 Å². The lowest BCUT2D eigenvalue weighted by Gasteiger charge is -2.33. The van der Waals surface area contributed by atoms with Crippen molar-refractivity contribution in [1.29, 1.82) is 0 Å². The number of aliphatic hydroxyl groups is 1. The van der Waals surface area contributed by atoms with Crippen LogP contribution in [0.2, 0.25) is 0 Å². The van der Waals surface area contributed by atoms with Gasteiger partial charge in [0, 0.05) is 0 Å². The van der Waals surface area contributed by atoms with Gasteiger partial charge in [0.05, 0.1) is 6.20 Å². The highest BCUT2D eigenvalue weighted by molar-refractivity contribution is 5.54. The highest BCUT2D eigenvalue weighted by Crippen LogP contribution is 2.34. The Kier molecular flexibility index (Phi) is 4.34. The van der Waals surface area contributed by atoms with Gasteiger partial charge in [-0.25, -0.2) is 4.98 Å². The van der Waals surface area contributed by atoms with E-state index in [0.29, 0.717) is 30.2 Å². The number of nitrogens with one attached hydrogen (secondary N) is 1. The summed E-state index contributed by atoms with van der Waals surface area (Å²) in [7, 11) is 0. The predicted octanol–water partition coefficient (Wildman–Crippen LogP) is 3.22. The summed E-state index contributed by atoms with van der Waals surface area (Å²) in [5.74, 6) is 1.69. The van der Waals surface area contributed by atoms with Gasteiger partial charge in [-0.05, 0) is 44.7 Å². The number of rotatable bonds is 4. The lowest BCUT2D eigenvalue weighted by Crippen LogP contribution is -2.40. The first-order chi connectivity index (χ1) is 11.0. The smallest absolute Gasteiger partial charge is 0.222 e. The molecule has 1 aromatic heterocycles. The zero-order valence-corrected chi connectivity index (χ0v) is 13.2. The van der Waals surface area contributed by atoms with E-state index in [1.54, 1.807) is 0 Å². The van der Waals surface area contributed by atoms with E-state index >= 15 is 0 Å². The van der Waals surface area contributed by atoms with E-state index in [1.807, 2.05) is 31.2 Å². The summed E-state index contributed by atoms with van der Waals surface area (Å²) in [6.45, 7) is 2.02. The molecule has 23 heavy (non-hydrogen) atoms. The molecule has 1 fully saturated rings. The Balaban J connectivity index is 1.84. The van der Waals surface area contributed by atoms with Gasteiger partial charge in [-0.15, -0.1) is 0 Å². The summed E-state index contributed by atoms with van der Waals surface area (Å²) < 4.78 is 5.85. The van der Waals surface area contributed by atoms with Crippen molar-refractivity contribution in [2.24, 2.45) is 0 Å². The quantitative estimate of drug-likeness (QED) is 0.750. The predicted molar refractivity (Wildman–Crippen MR) is 89.4 cm³/mol. The highest BCUT2D eigenvalue weighted by Gasteiger charge is 2.30. The van der Waals surface area contributed by atoms with Crippen molar-refractivity contribution in [3.05, 3.63) is 36.0 Å². The maximum absolute atomic E-state index is 10.7. The summed E-state index contributed by atoms with van der Waals surface area (Å²) in [4.78, 5) is 8.19. The van der Waals surface area contributed by atoms with Gasteiger partial charge in [-0.3, -0.25) is 0 Å². The van der Waals surface area contributed by atoms with Crippen LogP contribution in [0.1, 0.15) is 37.7 Å². The van der Waals surface area contributed by atoms with Gasteiger partial charge in [0.25, 0.3) is 0 Å². The molecular weight excluding hydrogens is 292 g/mol. The first kappa shape index (κ1) is 15.6. The van der Waals surface area contributed by atoms with E-state index in [4.69, 9.17) is 10.5 Å². The normalized spacial score (nSPS) is 16.8. The molecule has 0 saturated heterocycles. The lowest BCUT2D eigenvalue weighted by atomic mass is 9.92. The van der Waals surface area contributed by atoms with Crippen molar-refractivity contribution in [2.45, 2.75) is 44.8 Å². The van der Waals surface area contributed by atoms with Crippen molar-refractivity contribution >= 4 is 11.8 Å². The Morgan fingerprint density at radius 1 is 1.17 bits per heavy atom. The van der Waals surface area contributed by atoms with Gasteiger partial charge in [-0.2, -0.15) is 4.98 Å². The zero-order valence-electron chi connectivity index (χ0n) is 13.2. The Morgan fingerprint density at radius 2 is 1.87 bits per heavy atom. The SMILES string of the molecule is Cc1ccc(Oc2cnc(N)nc2NC2(O)CCCCC2)cc1. The van der Waals surface area contributed by atoms with Crippen LogP contribution in [0.5, 0.6) is 11.5 Å². The molecule has 0 radical (unpaired) electrons. The van der Waals surface area contributed by atoms with Crippen molar-refractivity contribution < 1.29 is 9.84 Å². The fraction of sp³-hybridized carbons (Fsp3) is 0.412. The first-order valence-corrected chi connectivity index (χ1v) is 7.92. The molecule has 4 N–H and O–H groups in total. The largest absolute Gasteiger partial charge is 0.452 e. The van der Waals surface area contributed by atoms with Crippen LogP contribution in [0.15, 0.2) is 30.5 Å². The Hall–Kier alpha value is -2.34. The van der Waals surface area contributed by atoms with Crippen LogP contribution in [-0.2, 0) is 0 Å². The maximum Gasteiger partial charge on any atom is 0.222 e. The second-order valence-electron chi connectivity index (χ2n) is 6.07. The average molecular weight is 314 g/mol. The van der Waals surface area contributed by atoms with Crippen LogP contribution < -0.4 is 15.8 Å². The number of aryl methyl sites for hydroxylation is 1. The number of benzene rings is 1. The van der Waals surface area contributed by atoms with Crippen molar-refractivity contribution in [1.82, 2.24) is 9.97 Å². The molecule has 1 aromatic carbocycles. The van der Waals surface area contributed by atoms with Gasteiger partial charge < -0.3 is 20.9 Å². The fourth-order valence-corrected chi connectivity index (χ4v) is 2.76. The monoisotopic (exact) mass is 314 g/mol. The first-order valence-electron chi connectivity index (χ1n) is 7.92. The van der Waals surface area contributed by atoms with Gasteiger partial charge in [0.2, 0.25) is 5.95 Å². The molecule has 6 nitrogen and oxygen atoms in total. The van der Waals surface area contributed by atoms with E-state index in [0.717, 1.165) is 24.8 Å². The highest BCUT2D eigenvalue weighted by atomic mass is 16.5. The van der Waals surface area contributed by atoms with Crippen LogP contribution >= 0.6 is 0 Å². The third-order valence-corrected chi connectivity index (χ3v) is 4.05. The molecule has 3 rings (SSSR count). The molecule has 1 aliphatic carbocycles. The number of nitrogens with zero attached hydrogens (tertiary/aromatic N) is 2. The van der Waals surface area contributed by atoms with E-state index in [2.05, 4.69) is 15.3 Å². The summed E-state index contributed by atoms with van der Waals surface area (Å²) in [5.41, 5.74) is 5.88. The molecule has 0 atom stereocenters. The van der Waals surface area contributed by atoms with E-state index in [-0.39, 0.29) is 5.95 Å². The van der Waals surface area contributed by atoms with E-state index in [9.17, 15) is 5.11 Å². The summed E-state index contributed by atoms with van der Waals surface area (Å²) in [6, 6.07) is 7.69. The molecule has 2 aromatic rings. The van der Waals surface area contributed by atoms with Crippen molar-refractivity contribution in [2.75, 3.05) is 11.1 Å². The number of ether oxygens (including phenoxy) is 1. The standard InChI is InChI=1S/C17H22N4O2/c1-12-5-7-13(8-6-12)23-14-11-19-16(18)20-15(14)21-17(22)9-3-2-4-10-17/h5-8,11,22H,2-4,9-10H2,1H3,(H3,18,19,20,21). The van der Waals surface area contributed by atoms with Crippen molar-refractivity contribution in [3.8, 4) is 11.5 Å². The van der Waals surface area contributed by atoms with Gasteiger partial charge in [0.15, 0.2) is 11.6 Å². The second kappa shape index (κ2) is 6.42. The topological polar surface area (TPSA) is 93.3 Å². The Morgan fingerprint density at radius 3 is 2.57 bits per heavy atom. The van der Waals surface area contributed by atoms with Crippen LogP contribution in [-0.4, -0.2) is 20.8 Å². The molecule has 0 amide bonds. The molecule has 0 aliphatic heterocycles. The van der Waals surface area contributed by atoms with Crippen LogP contribution in [0, 0.1) is 6.92 Å². The maximum atomic E-state index is 10.7. The molecule has 1 aliphatic rings. The Labute approximate surface area is 135 Å². The second-order valence-corrected chi connectivity index (χ2v) is 6.07. The van der Waals surface area contributed by atoms with Gasteiger partial charge in [0.1, 0.15) is 11.5 Å². The average Bonchev–Trinajstić information content (AvgIpc) is 2.52. The molecule has 1 saturated carbocycles. The van der Waals surface area contributed by atoms with Crippen LogP contribution in [0.4, 0.5) is 11.8 Å². The number of nitrogen functional groups attached to an aromatic ring is 1. The molecule has 0 spiro atoms. The third kappa shape index (κ3) is 3.90. The molecule has 6 heteroatoms. The number of aromatic nitrogens is 2. The summed E-state index contributed by atoms with van der Waals surface area (Å²) >= 11 is 0. The molecule has 122 valence electrons. The van der Waals surface area contributed by atoms with Crippen LogP contribution in [0.25, 0.3) is 0 Å². The summed E-state index contributed by atoms with van der Waals surface area (Å²) in [6.07, 6.45) is 6.00. The zero-order chi connectivity index (χ0) is 16.3. The van der Waals surface area contributed by atoms with Crippen molar-refractivity contribution in [3.63, 3.8) is 0 Å². The minimum Gasteiger partial charge on any atom is -0.452 e. The minimum atomic E-state index is -0.968. The molecule has 0 unspecified atom stereocenters. The minimum absolute atomic E-state index is 0.142. The van der Waals surface area contributed by atoms with E-state index in [1.165, 1.54) is 6.20 Å². The Bertz CT molecular complexity index is 667. The number of anilines is 2. The third-order valence-electron chi connectivity index (χ3n) is 4.05. The number of nitrogens with two attached hydrogens (primary N) is 1. The lowest BCUT2D eigenvalue weighted by molar-refractivity contribution is 0.0311.